The van der Waals surface area contributed by atoms with E-state index in [9.17, 15) is 14.4 Å². The van der Waals surface area contributed by atoms with Crippen molar-refractivity contribution in [2.24, 2.45) is 13.0 Å². The number of carbonyl (C=O) groups excluding carboxylic acids is 3. The average Bonchev–Trinajstić information content (AvgIpc) is 3.18. The minimum atomic E-state index is -0.449. The van der Waals surface area contributed by atoms with E-state index in [1.807, 2.05) is 18.9 Å². The van der Waals surface area contributed by atoms with Gasteiger partial charge in [-0.25, -0.2) is 0 Å². The van der Waals surface area contributed by atoms with E-state index >= 15 is 0 Å². The maximum atomic E-state index is 13.1. The fourth-order valence-corrected chi connectivity index (χ4v) is 3.98. The Hall–Kier alpha value is -2.38. The number of likely N-dealkylation sites (N-methyl/N-ethyl adjacent to an activating group) is 1. The predicted octanol–water partition coefficient (Wildman–Crippen LogP) is 0.0386. The van der Waals surface area contributed by atoms with Crippen LogP contribution < -0.4 is 0 Å². The van der Waals surface area contributed by atoms with E-state index in [4.69, 9.17) is 0 Å². The van der Waals surface area contributed by atoms with E-state index in [0.717, 1.165) is 24.1 Å². The van der Waals surface area contributed by atoms with Gasteiger partial charge in [0.2, 0.25) is 17.7 Å². The Bertz CT molecular complexity index is 753. The summed E-state index contributed by atoms with van der Waals surface area (Å²) in [5, 5.41) is 4.31. The molecule has 0 N–H and O–H groups in total. The van der Waals surface area contributed by atoms with Crippen molar-refractivity contribution in [3.05, 3.63) is 17.5 Å². The highest BCUT2D eigenvalue weighted by Gasteiger charge is 2.52. The maximum Gasteiger partial charge on any atom is 0.243 e. The minimum Gasteiger partial charge on any atom is -0.332 e. The molecule has 1 saturated carbocycles. The largest absolute Gasteiger partial charge is 0.332 e. The summed E-state index contributed by atoms with van der Waals surface area (Å²) < 4.78 is 1.78. The van der Waals surface area contributed by atoms with Gasteiger partial charge in [-0.15, -0.1) is 0 Å². The molecule has 8 nitrogen and oxygen atoms in total. The summed E-state index contributed by atoms with van der Waals surface area (Å²) in [6, 6.07) is -0.0417. The quantitative estimate of drug-likeness (QED) is 0.775. The number of likely N-dealkylation sites (tertiary alicyclic amines) is 1. The summed E-state index contributed by atoms with van der Waals surface area (Å²) in [7, 11) is 3.55. The minimum absolute atomic E-state index is 0.0352. The molecule has 2 saturated heterocycles. The Balaban J connectivity index is 1.68. The molecule has 25 heavy (non-hydrogen) atoms. The second-order valence-electron chi connectivity index (χ2n) is 7.37. The fraction of sp³-hybridized carbons (Fsp3) is 0.647. The summed E-state index contributed by atoms with van der Waals surface area (Å²) in [4.78, 5) is 42.6. The molecule has 0 spiro atoms. The molecule has 3 heterocycles. The van der Waals surface area contributed by atoms with E-state index in [2.05, 4.69) is 5.10 Å². The third kappa shape index (κ3) is 2.51. The van der Waals surface area contributed by atoms with E-state index in [1.54, 1.807) is 22.8 Å². The Morgan fingerprint density at radius 3 is 2.44 bits per heavy atom. The van der Waals surface area contributed by atoms with Crippen LogP contribution in [0.15, 0.2) is 6.20 Å². The van der Waals surface area contributed by atoms with Gasteiger partial charge in [-0.3, -0.25) is 19.1 Å². The van der Waals surface area contributed by atoms with Gasteiger partial charge in [0.05, 0.1) is 24.8 Å². The predicted molar refractivity (Wildman–Crippen MR) is 88.0 cm³/mol. The normalized spacial score (nSPS) is 26.9. The average molecular weight is 345 g/mol. The summed E-state index contributed by atoms with van der Waals surface area (Å²) in [6.45, 7) is 2.36. The smallest absolute Gasteiger partial charge is 0.243 e. The van der Waals surface area contributed by atoms with Crippen LogP contribution >= 0.6 is 0 Å². The lowest BCUT2D eigenvalue weighted by atomic mass is 9.92. The molecule has 134 valence electrons. The molecule has 8 heteroatoms. The number of carbonyl (C=O) groups is 3. The van der Waals surface area contributed by atoms with Crippen molar-refractivity contribution in [3.8, 4) is 0 Å². The molecule has 0 radical (unpaired) electrons. The van der Waals surface area contributed by atoms with Crippen molar-refractivity contribution in [1.29, 1.82) is 0 Å². The molecule has 1 aromatic heterocycles. The molecule has 4 rings (SSSR count). The van der Waals surface area contributed by atoms with Crippen LogP contribution in [0.5, 0.6) is 0 Å². The van der Waals surface area contributed by atoms with Gasteiger partial charge in [0.15, 0.2) is 0 Å². The standard InChI is InChI=1S/C17H23N5O3/c1-10-13(7-18-20(10)3)16-12(6-14(23)22(16)11-4-5-11)17(25)21-8-15(24)19(2)9-21/h7,11-12,16H,4-6,8-9H2,1-3H3/t12-,16-/m0/s1. The maximum absolute atomic E-state index is 13.1. The van der Waals surface area contributed by atoms with Crippen LogP contribution in [0.2, 0.25) is 0 Å². The van der Waals surface area contributed by atoms with Gasteiger partial charge in [-0.05, 0) is 19.8 Å². The Morgan fingerprint density at radius 2 is 1.92 bits per heavy atom. The van der Waals surface area contributed by atoms with Crippen LogP contribution in [-0.2, 0) is 21.4 Å². The van der Waals surface area contributed by atoms with Crippen LogP contribution in [0.3, 0.4) is 0 Å². The van der Waals surface area contributed by atoms with Crippen LogP contribution in [0.4, 0.5) is 0 Å². The topological polar surface area (TPSA) is 78.8 Å². The van der Waals surface area contributed by atoms with E-state index < -0.39 is 5.92 Å². The Kier molecular flexibility index (Phi) is 3.59. The number of hydrogen-bond donors (Lipinski definition) is 0. The highest BCUT2D eigenvalue weighted by atomic mass is 16.2. The van der Waals surface area contributed by atoms with Crippen LogP contribution in [0.25, 0.3) is 0 Å². The highest BCUT2D eigenvalue weighted by molar-refractivity contribution is 5.94. The lowest BCUT2D eigenvalue weighted by molar-refractivity contribution is -0.136. The van der Waals surface area contributed by atoms with E-state index in [1.165, 1.54) is 4.90 Å². The molecule has 1 aromatic rings. The number of amides is 3. The molecule has 3 aliphatic rings. The number of aromatic nitrogens is 2. The van der Waals surface area contributed by atoms with Gasteiger partial charge in [0.1, 0.15) is 6.54 Å². The summed E-state index contributed by atoms with van der Waals surface area (Å²) in [6.07, 6.45) is 3.97. The molecule has 3 amide bonds. The zero-order valence-corrected chi connectivity index (χ0v) is 14.8. The van der Waals surface area contributed by atoms with Crippen molar-refractivity contribution >= 4 is 17.7 Å². The third-order valence-corrected chi connectivity index (χ3v) is 5.66. The van der Waals surface area contributed by atoms with Gasteiger partial charge in [-0.2, -0.15) is 5.10 Å². The summed E-state index contributed by atoms with van der Waals surface area (Å²) in [5.74, 6) is -0.587. The van der Waals surface area contributed by atoms with E-state index in [0.29, 0.717) is 6.67 Å². The van der Waals surface area contributed by atoms with Gasteiger partial charge >= 0.3 is 0 Å². The molecule has 3 fully saturated rings. The van der Waals surface area contributed by atoms with Crippen molar-refractivity contribution in [1.82, 2.24) is 24.5 Å². The first kappa shape index (κ1) is 16.1. The van der Waals surface area contributed by atoms with Crippen molar-refractivity contribution in [3.63, 3.8) is 0 Å². The molecule has 2 atom stereocenters. The lowest BCUT2D eigenvalue weighted by Crippen LogP contribution is -2.39. The van der Waals surface area contributed by atoms with Crippen molar-refractivity contribution in [2.45, 2.75) is 38.3 Å². The molecule has 2 aliphatic heterocycles. The van der Waals surface area contributed by atoms with Crippen molar-refractivity contribution in [2.75, 3.05) is 20.3 Å². The first-order valence-electron chi connectivity index (χ1n) is 8.71. The van der Waals surface area contributed by atoms with Gasteiger partial charge in [0.25, 0.3) is 0 Å². The Morgan fingerprint density at radius 1 is 1.20 bits per heavy atom. The molecule has 0 unspecified atom stereocenters. The number of aryl methyl sites for hydroxylation is 1. The first-order chi connectivity index (χ1) is 11.9. The first-order valence-corrected chi connectivity index (χ1v) is 8.71. The zero-order chi connectivity index (χ0) is 17.9. The molecular weight excluding hydrogens is 322 g/mol. The second kappa shape index (κ2) is 5.57. The number of rotatable bonds is 3. The second-order valence-corrected chi connectivity index (χ2v) is 7.37. The van der Waals surface area contributed by atoms with Gasteiger partial charge < -0.3 is 14.7 Å². The number of nitrogens with zero attached hydrogens (tertiary/aromatic N) is 5. The molecule has 0 bridgehead atoms. The lowest BCUT2D eigenvalue weighted by Gasteiger charge is -2.29. The highest BCUT2D eigenvalue weighted by Crippen LogP contribution is 2.46. The van der Waals surface area contributed by atoms with E-state index in [-0.39, 0.29) is 42.8 Å². The van der Waals surface area contributed by atoms with Gasteiger partial charge in [-0.1, -0.05) is 0 Å². The zero-order valence-electron chi connectivity index (χ0n) is 14.8. The Labute approximate surface area is 146 Å². The monoisotopic (exact) mass is 345 g/mol. The van der Waals surface area contributed by atoms with Crippen molar-refractivity contribution < 1.29 is 14.4 Å². The SMILES string of the molecule is Cc1c([C@@H]2[C@@H](C(=O)N3CC(=O)N(C)C3)CC(=O)N2C2CC2)cnn1C. The molecule has 0 aromatic carbocycles. The van der Waals surface area contributed by atoms with Crippen LogP contribution in [0, 0.1) is 12.8 Å². The third-order valence-electron chi connectivity index (χ3n) is 5.66. The summed E-state index contributed by atoms with van der Waals surface area (Å²) >= 11 is 0. The molecule has 1 aliphatic carbocycles. The van der Waals surface area contributed by atoms with Crippen LogP contribution in [0.1, 0.15) is 36.6 Å². The molecular formula is C17H23N5O3. The van der Waals surface area contributed by atoms with Crippen LogP contribution in [-0.4, -0.2) is 68.5 Å². The summed E-state index contributed by atoms with van der Waals surface area (Å²) in [5.41, 5.74) is 1.91. The number of hydrogen-bond acceptors (Lipinski definition) is 4. The fourth-order valence-electron chi connectivity index (χ4n) is 3.98. The van der Waals surface area contributed by atoms with Gasteiger partial charge in [0, 0.05) is 37.8 Å².